The number of carbonyl (C=O) groups excluding carboxylic acids is 1. The molecule has 2 N–H and O–H groups in total. The largest absolute Gasteiger partial charge is 0.482 e. The molecule has 1 aromatic carbocycles. The van der Waals surface area contributed by atoms with Gasteiger partial charge in [-0.25, -0.2) is 4.79 Å². The van der Waals surface area contributed by atoms with Gasteiger partial charge in [0.1, 0.15) is 5.75 Å². The fourth-order valence-electron chi connectivity index (χ4n) is 2.21. The Morgan fingerprint density at radius 1 is 1.38 bits per heavy atom. The Kier molecular flexibility index (Phi) is 5.50. The number of hydrogen-bond donors (Lipinski definition) is 2. The average molecular weight is 309 g/mol. The van der Waals surface area contributed by atoms with Gasteiger partial charge in [0.15, 0.2) is 6.61 Å². The molecule has 0 atom stereocenters. The summed E-state index contributed by atoms with van der Waals surface area (Å²) in [6.45, 7) is 1.49. The molecule has 1 amide bonds. The molecule has 1 saturated heterocycles. The Balaban J connectivity index is 1.96. The lowest BCUT2D eigenvalue weighted by Gasteiger charge is -2.21. The number of carbonyl (C=O) groups is 2. The number of rotatable bonds is 5. The molecule has 0 spiro atoms. The van der Waals surface area contributed by atoms with Crippen LogP contribution in [0.2, 0.25) is 0 Å². The molecule has 1 heterocycles. The van der Waals surface area contributed by atoms with Crippen molar-refractivity contribution >= 4 is 29.3 Å². The zero-order valence-electron chi connectivity index (χ0n) is 11.9. The van der Waals surface area contributed by atoms with Crippen LogP contribution >= 0.6 is 11.8 Å². The third-order valence-electron chi connectivity index (χ3n) is 3.41. The highest BCUT2D eigenvalue weighted by Gasteiger charge is 2.21. The number of carboxylic acid groups (broad SMARTS) is 1. The van der Waals surface area contributed by atoms with Crippen LogP contribution in [0.1, 0.15) is 18.4 Å². The number of nitrogens with one attached hydrogen (secondary N) is 1. The van der Waals surface area contributed by atoms with Gasteiger partial charge in [-0.05, 0) is 55.0 Å². The maximum absolute atomic E-state index is 12.2. The first-order valence-corrected chi connectivity index (χ1v) is 8.05. The smallest absolute Gasteiger partial charge is 0.341 e. The van der Waals surface area contributed by atoms with Gasteiger partial charge in [0.25, 0.3) is 0 Å². The van der Waals surface area contributed by atoms with Crippen LogP contribution in [0, 0.1) is 12.8 Å². The van der Waals surface area contributed by atoms with E-state index in [9.17, 15) is 9.59 Å². The number of carboxylic acids is 1. The van der Waals surface area contributed by atoms with E-state index in [1.54, 1.807) is 18.2 Å². The number of ether oxygens (including phenoxy) is 1. The zero-order chi connectivity index (χ0) is 15.2. The maximum atomic E-state index is 12.2. The van der Waals surface area contributed by atoms with Crippen LogP contribution in [-0.4, -0.2) is 35.1 Å². The second kappa shape index (κ2) is 7.36. The summed E-state index contributed by atoms with van der Waals surface area (Å²) in [5.74, 6) is 1.71. The summed E-state index contributed by atoms with van der Waals surface area (Å²) in [7, 11) is 0. The quantitative estimate of drug-likeness (QED) is 0.874. The van der Waals surface area contributed by atoms with Crippen molar-refractivity contribution in [3.05, 3.63) is 23.8 Å². The van der Waals surface area contributed by atoms with E-state index in [1.165, 1.54) is 0 Å². The van der Waals surface area contributed by atoms with Crippen molar-refractivity contribution < 1.29 is 19.4 Å². The second-order valence-corrected chi connectivity index (χ2v) is 6.26. The molecular weight excluding hydrogens is 290 g/mol. The standard InChI is InChI=1S/C15H19NO4S/c1-10-8-12(20-9-14(17)18)2-3-13(10)16-15(19)11-4-6-21-7-5-11/h2-3,8,11H,4-7,9H2,1H3,(H,16,19)(H,17,18). The van der Waals surface area contributed by atoms with Gasteiger partial charge in [-0.2, -0.15) is 11.8 Å². The lowest BCUT2D eigenvalue weighted by Crippen LogP contribution is -2.26. The highest BCUT2D eigenvalue weighted by Crippen LogP contribution is 2.26. The van der Waals surface area contributed by atoms with E-state index in [1.807, 2.05) is 18.7 Å². The summed E-state index contributed by atoms with van der Waals surface area (Å²) < 4.78 is 5.11. The van der Waals surface area contributed by atoms with Crippen LogP contribution in [0.15, 0.2) is 18.2 Å². The Labute approximate surface area is 128 Å². The molecule has 114 valence electrons. The third kappa shape index (κ3) is 4.67. The van der Waals surface area contributed by atoms with E-state index in [4.69, 9.17) is 9.84 Å². The number of thioether (sulfide) groups is 1. The summed E-state index contributed by atoms with van der Waals surface area (Å²) in [6, 6.07) is 5.15. The molecule has 0 aromatic heterocycles. The summed E-state index contributed by atoms with van der Waals surface area (Å²) in [6.07, 6.45) is 1.85. The predicted octanol–water partition coefficient (Wildman–Crippen LogP) is 2.54. The first-order chi connectivity index (χ1) is 10.1. The first-order valence-electron chi connectivity index (χ1n) is 6.90. The van der Waals surface area contributed by atoms with Gasteiger partial charge in [-0.3, -0.25) is 4.79 Å². The Hall–Kier alpha value is -1.69. The summed E-state index contributed by atoms with van der Waals surface area (Å²) in [4.78, 5) is 22.7. The molecule has 5 nitrogen and oxygen atoms in total. The van der Waals surface area contributed by atoms with Crippen molar-refractivity contribution in [2.45, 2.75) is 19.8 Å². The van der Waals surface area contributed by atoms with Gasteiger partial charge in [0.05, 0.1) is 0 Å². The summed E-state index contributed by atoms with van der Waals surface area (Å²) in [5.41, 5.74) is 1.61. The topological polar surface area (TPSA) is 75.6 Å². The Bertz CT molecular complexity index is 526. The number of aliphatic carboxylic acids is 1. The van der Waals surface area contributed by atoms with E-state index < -0.39 is 5.97 Å². The van der Waals surface area contributed by atoms with Crippen molar-refractivity contribution in [3.63, 3.8) is 0 Å². The number of benzene rings is 1. The van der Waals surface area contributed by atoms with Crippen LogP contribution in [0.25, 0.3) is 0 Å². The third-order valence-corrected chi connectivity index (χ3v) is 4.46. The minimum atomic E-state index is -1.01. The zero-order valence-corrected chi connectivity index (χ0v) is 12.7. The molecule has 0 bridgehead atoms. The van der Waals surface area contributed by atoms with Crippen molar-refractivity contribution in [3.8, 4) is 5.75 Å². The molecule has 0 radical (unpaired) electrons. The van der Waals surface area contributed by atoms with Crippen molar-refractivity contribution in [1.82, 2.24) is 0 Å². The fourth-order valence-corrected chi connectivity index (χ4v) is 3.31. The number of aryl methyl sites for hydroxylation is 1. The number of amides is 1. The van der Waals surface area contributed by atoms with E-state index >= 15 is 0 Å². The van der Waals surface area contributed by atoms with Gasteiger partial charge < -0.3 is 15.2 Å². The Morgan fingerprint density at radius 3 is 2.71 bits per heavy atom. The van der Waals surface area contributed by atoms with Crippen molar-refractivity contribution in [1.29, 1.82) is 0 Å². The second-order valence-electron chi connectivity index (χ2n) is 5.04. The molecule has 1 aliphatic heterocycles. The van der Waals surface area contributed by atoms with Crippen molar-refractivity contribution in [2.75, 3.05) is 23.4 Å². The monoisotopic (exact) mass is 309 g/mol. The lowest BCUT2D eigenvalue weighted by atomic mass is 10.0. The molecule has 2 rings (SSSR count). The van der Waals surface area contributed by atoms with E-state index in [0.29, 0.717) is 5.75 Å². The van der Waals surface area contributed by atoms with E-state index in [0.717, 1.165) is 35.6 Å². The first kappa shape index (κ1) is 15.7. The molecule has 1 aromatic rings. The average Bonchev–Trinajstić information content (AvgIpc) is 2.48. The summed E-state index contributed by atoms with van der Waals surface area (Å²) in [5, 5.41) is 11.5. The molecule has 6 heteroatoms. The number of anilines is 1. The van der Waals surface area contributed by atoms with Crippen LogP contribution in [0.5, 0.6) is 5.75 Å². The molecule has 0 unspecified atom stereocenters. The van der Waals surface area contributed by atoms with Gasteiger partial charge in [0, 0.05) is 11.6 Å². The van der Waals surface area contributed by atoms with Gasteiger partial charge >= 0.3 is 5.97 Å². The molecule has 21 heavy (non-hydrogen) atoms. The highest BCUT2D eigenvalue weighted by atomic mass is 32.2. The molecule has 1 fully saturated rings. The van der Waals surface area contributed by atoms with Gasteiger partial charge in [0.2, 0.25) is 5.91 Å². The number of hydrogen-bond acceptors (Lipinski definition) is 4. The van der Waals surface area contributed by atoms with Crippen LogP contribution in [0.4, 0.5) is 5.69 Å². The molecule has 0 saturated carbocycles. The molecule has 0 aliphatic carbocycles. The molecule has 1 aliphatic rings. The lowest BCUT2D eigenvalue weighted by molar-refractivity contribution is -0.139. The Morgan fingerprint density at radius 2 is 2.10 bits per heavy atom. The minimum Gasteiger partial charge on any atom is -0.482 e. The van der Waals surface area contributed by atoms with Crippen molar-refractivity contribution in [2.24, 2.45) is 5.92 Å². The fraction of sp³-hybridized carbons (Fsp3) is 0.467. The van der Waals surface area contributed by atoms with E-state index in [-0.39, 0.29) is 18.4 Å². The SMILES string of the molecule is Cc1cc(OCC(=O)O)ccc1NC(=O)C1CCSCC1. The minimum absolute atomic E-state index is 0.0672. The highest BCUT2D eigenvalue weighted by molar-refractivity contribution is 7.99. The van der Waals surface area contributed by atoms with Gasteiger partial charge in [-0.15, -0.1) is 0 Å². The van der Waals surface area contributed by atoms with E-state index in [2.05, 4.69) is 5.32 Å². The van der Waals surface area contributed by atoms with Crippen LogP contribution < -0.4 is 10.1 Å². The molecular formula is C15H19NO4S. The maximum Gasteiger partial charge on any atom is 0.341 e. The normalized spacial score (nSPS) is 15.5. The predicted molar refractivity (Wildman–Crippen MR) is 83.0 cm³/mol. The van der Waals surface area contributed by atoms with Crippen LogP contribution in [0.3, 0.4) is 0 Å². The van der Waals surface area contributed by atoms with Crippen LogP contribution in [-0.2, 0) is 9.59 Å². The summed E-state index contributed by atoms with van der Waals surface area (Å²) >= 11 is 1.89. The van der Waals surface area contributed by atoms with Gasteiger partial charge in [-0.1, -0.05) is 0 Å².